The van der Waals surface area contributed by atoms with E-state index in [1.165, 1.54) is 18.3 Å². The van der Waals surface area contributed by atoms with Crippen LogP contribution in [0.2, 0.25) is 0 Å². The summed E-state index contributed by atoms with van der Waals surface area (Å²) in [6.45, 7) is 0. The normalized spacial score (nSPS) is 10.0. The lowest BCUT2D eigenvalue weighted by molar-refractivity contribution is 0.102. The minimum Gasteiger partial charge on any atom is -0.320 e. The topological polar surface area (TPSA) is 42.0 Å². The summed E-state index contributed by atoms with van der Waals surface area (Å²) in [6.07, 6.45) is 3.08. The molecule has 1 aromatic heterocycles. The van der Waals surface area contributed by atoms with E-state index in [9.17, 15) is 9.18 Å². The van der Waals surface area contributed by atoms with Gasteiger partial charge in [-0.25, -0.2) is 4.39 Å². The Balaban J connectivity index is 2.27. The zero-order valence-electron chi connectivity index (χ0n) is 8.65. The molecule has 1 heterocycles. The fraction of sp³-hybridized carbons (Fsp3) is 0. The maximum absolute atomic E-state index is 13.5. The van der Waals surface area contributed by atoms with E-state index in [1.807, 2.05) is 0 Å². The van der Waals surface area contributed by atoms with Gasteiger partial charge in [0.2, 0.25) is 0 Å². The van der Waals surface area contributed by atoms with E-state index in [1.54, 1.807) is 24.4 Å². The molecular weight excluding hydrogens is 287 g/mol. The molecule has 0 radical (unpaired) electrons. The number of halogens is 2. The third kappa shape index (κ3) is 2.68. The van der Waals surface area contributed by atoms with Gasteiger partial charge in [0.1, 0.15) is 5.82 Å². The van der Waals surface area contributed by atoms with Crippen LogP contribution in [0.1, 0.15) is 10.4 Å². The average molecular weight is 295 g/mol. The van der Waals surface area contributed by atoms with Crippen molar-refractivity contribution in [2.45, 2.75) is 0 Å². The molecule has 0 fully saturated rings. The van der Waals surface area contributed by atoms with Crippen molar-refractivity contribution >= 4 is 27.5 Å². The van der Waals surface area contributed by atoms with Gasteiger partial charge in [-0.15, -0.1) is 0 Å². The second-order valence-electron chi connectivity index (χ2n) is 3.29. The average Bonchev–Trinajstić information content (AvgIpc) is 2.30. The molecule has 0 bridgehead atoms. The fourth-order valence-electron chi connectivity index (χ4n) is 1.35. The van der Waals surface area contributed by atoms with Gasteiger partial charge in [-0.1, -0.05) is 6.07 Å². The van der Waals surface area contributed by atoms with Crippen molar-refractivity contribution in [2.75, 3.05) is 5.32 Å². The van der Waals surface area contributed by atoms with Crippen molar-refractivity contribution in [1.82, 2.24) is 4.98 Å². The number of aromatic nitrogens is 1. The van der Waals surface area contributed by atoms with E-state index in [0.29, 0.717) is 10.2 Å². The smallest absolute Gasteiger partial charge is 0.259 e. The Morgan fingerprint density at radius 2 is 2.12 bits per heavy atom. The lowest BCUT2D eigenvalue weighted by Crippen LogP contribution is -2.14. The highest BCUT2D eigenvalue weighted by Crippen LogP contribution is 2.20. The third-order valence-corrected chi connectivity index (χ3v) is 2.77. The van der Waals surface area contributed by atoms with Crippen LogP contribution in [0.15, 0.2) is 47.2 Å². The van der Waals surface area contributed by atoms with Crippen LogP contribution in [0.3, 0.4) is 0 Å². The summed E-state index contributed by atoms with van der Waals surface area (Å²) in [4.78, 5) is 15.7. The van der Waals surface area contributed by atoms with Gasteiger partial charge in [0.05, 0.1) is 17.4 Å². The highest BCUT2D eigenvalue weighted by atomic mass is 79.9. The monoisotopic (exact) mass is 294 g/mol. The predicted molar refractivity (Wildman–Crippen MR) is 66.3 cm³/mol. The molecule has 0 aliphatic rings. The first-order valence-corrected chi connectivity index (χ1v) is 5.63. The van der Waals surface area contributed by atoms with Crippen molar-refractivity contribution in [1.29, 1.82) is 0 Å². The highest BCUT2D eigenvalue weighted by molar-refractivity contribution is 9.10. The predicted octanol–water partition coefficient (Wildman–Crippen LogP) is 3.24. The van der Waals surface area contributed by atoms with Gasteiger partial charge >= 0.3 is 0 Å². The zero-order valence-corrected chi connectivity index (χ0v) is 10.2. The molecule has 17 heavy (non-hydrogen) atoms. The molecule has 5 heteroatoms. The van der Waals surface area contributed by atoms with E-state index in [0.717, 1.165) is 0 Å². The standard InChI is InChI=1S/C12H8BrFN2O/c13-9-4-1-5-10(14)11(9)12(17)16-8-3-2-6-15-7-8/h1-7H,(H,16,17). The van der Waals surface area contributed by atoms with E-state index in [-0.39, 0.29) is 5.56 Å². The second-order valence-corrected chi connectivity index (χ2v) is 4.15. The van der Waals surface area contributed by atoms with E-state index >= 15 is 0 Å². The fourth-order valence-corrected chi connectivity index (χ4v) is 1.87. The van der Waals surface area contributed by atoms with Crippen LogP contribution >= 0.6 is 15.9 Å². The van der Waals surface area contributed by atoms with Crippen molar-refractivity contribution in [3.05, 3.63) is 58.6 Å². The van der Waals surface area contributed by atoms with Crippen LogP contribution in [-0.2, 0) is 0 Å². The number of amides is 1. The highest BCUT2D eigenvalue weighted by Gasteiger charge is 2.15. The van der Waals surface area contributed by atoms with Gasteiger partial charge in [0, 0.05) is 10.7 Å². The minimum absolute atomic E-state index is 0.0173. The summed E-state index contributed by atoms with van der Waals surface area (Å²) < 4.78 is 13.9. The molecule has 2 aromatic rings. The number of anilines is 1. The number of hydrogen-bond donors (Lipinski definition) is 1. The van der Waals surface area contributed by atoms with Crippen LogP contribution in [0.5, 0.6) is 0 Å². The van der Waals surface area contributed by atoms with Gasteiger partial charge in [-0.05, 0) is 40.2 Å². The van der Waals surface area contributed by atoms with E-state index in [2.05, 4.69) is 26.2 Å². The van der Waals surface area contributed by atoms with Crippen LogP contribution in [-0.4, -0.2) is 10.9 Å². The summed E-state index contributed by atoms with van der Waals surface area (Å²) in [6, 6.07) is 7.75. The second kappa shape index (κ2) is 5.05. The largest absolute Gasteiger partial charge is 0.320 e. The van der Waals surface area contributed by atoms with Crippen LogP contribution in [0.25, 0.3) is 0 Å². The van der Waals surface area contributed by atoms with E-state index in [4.69, 9.17) is 0 Å². The van der Waals surface area contributed by atoms with E-state index < -0.39 is 11.7 Å². The molecular formula is C12H8BrFN2O. The molecule has 86 valence electrons. The summed E-state index contributed by atoms with van der Waals surface area (Å²) in [5, 5.41) is 2.57. The summed E-state index contributed by atoms with van der Waals surface area (Å²) in [5.41, 5.74) is 0.504. The summed E-state index contributed by atoms with van der Waals surface area (Å²) in [5.74, 6) is -1.08. The lowest BCUT2D eigenvalue weighted by atomic mass is 10.2. The summed E-state index contributed by atoms with van der Waals surface area (Å²) >= 11 is 3.14. The molecule has 0 atom stereocenters. The molecule has 0 aliphatic heterocycles. The van der Waals surface area contributed by atoms with Crippen molar-refractivity contribution < 1.29 is 9.18 Å². The third-order valence-electron chi connectivity index (χ3n) is 2.11. The molecule has 0 aliphatic carbocycles. The number of carbonyl (C=O) groups excluding carboxylic acids is 1. The number of pyridine rings is 1. The molecule has 3 nitrogen and oxygen atoms in total. The molecule has 1 N–H and O–H groups in total. The number of nitrogens with one attached hydrogen (secondary N) is 1. The minimum atomic E-state index is -0.569. The molecule has 2 rings (SSSR count). The van der Waals surface area contributed by atoms with Gasteiger partial charge in [-0.2, -0.15) is 0 Å². The number of carbonyl (C=O) groups is 1. The Hall–Kier alpha value is -1.75. The molecule has 0 unspecified atom stereocenters. The molecule has 0 saturated carbocycles. The Bertz CT molecular complexity index is 525. The Labute approximate surface area is 106 Å². The zero-order chi connectivity index (χ0) is 12.3. The van der Waals surface area contributed by atoms with Gasteiger partial charge in [0.15, 0.2) is 0 Å². The number of rotatable bonds is 2. The van der Waals surface area contributed by atoms with Gasteiger partial charge in [0.25, 0.3) is 5.91 Å². The molecule has 0 saturated heterocycles. The molecule has 0 spiro atoms. The quantitative estimate of drug-likeness (QED) is 0.924. The Kier molecular flexibility index (Phi) is 3.49. The van der Waals surface area contributed by atoms with Crippen molar-refractivity contribution in [3.8, 4) is 0 Å². The Morgan fingerprint density at radius 3 is 2.76 bits per heavy atom. The maximum atomic E-state index is 13.5. The number of nitrogens with zero attached hydrogens (tertiary/aromatic N) is 1. The first kappa shape index (κ1) is 11.7. The van der Waals surface area contributed by atoms with Crippen LogP contribution < -0.4 is 5.32 Å². The first-order valence-electron chi connectivity index (χ1n) is 4.84. The van der Waals surface area contributed by atoms with Gasteiger partial charge < -0.3 is 5.32 Å². The molecule has 1 amide bonds. The lowest BCUT2D eigenvalue weighted by Gasteiger charge is -2.07. The number of hydrogen-bond acceptors (Lipinski definition) is 2. The Morgan fingerprint density at radius 1 is 1.29 bits per heavy atom. The first-order chi connectivity index (χ1) is 8.18. The van der Waals surface area contributed by atoms with Crippen molar-refractivity contribution in [2.24, 2.45) is 0 Å². The SMILES string of the molecule is O=C(Nc1cccnc1)c1c(F)cccc1Br. The van der Waals surface area contributed by atoms with Crippen LogP contribution in [0.4, 0.5) is 10.1 Å². The maximum Gasteiger partial charge on any atom is 0.259 e. The number of benzene rings is 1. The summed E-state index contributed by atoms with van der Waals surface area (Å²) in [7, 11) is 0. The van der Waals surface area contributed by atoms with Gasteiger partial charge in [-0.3, -0.25) is 9.78 Å². The molecule has 1 aromatic carbocycles. The van der Waals surface area contributed by atoms with Crippen LogP contribution in [0, 0.1) is 5.82 Å². The van der Waals surface area contributed by atoms with Crippen molar-refractivity contribution in [3.63, 3.8) is 0 Å².